The number of amides is 1. The van der Waals surface area contributed by atoms with Gasteiger partial charge in [-0.05, 0) is 42.7 Å². The number of aromatic nitrogens is 3. The van der Waals surface area contributed by atoms with Crippen molar-refractivity contribution in [2.45, 2.75) is 32.1 Å². The van der Waals surface area contributed by atoms with Crippen LogP contribution in [-0.4, -0.2) is 20.9 Å². The molecule has 180 valence electrons. The third-order valence-corrected chi connectivity index (χ3v) is 5.12. The third-order valence-electron chi connectivity index (χ3n) is 5.12. The zero-order valence-corrected chi connectivity index (χ0v) is 17.6. The van der Waals surface area contributed by atoms with Gasteiger partial charge in [0.15, 0.2) is 0 Å². The summed E-state index contributed by atoms with van der Waals surface area (Å²) in [5.41, 5.74) is 1.92. The predicted molar refractivity (Wildman–Crippen MR) is 110 cm³/mol. The van der Waals surface area contributed by atoms with Crippen molar-refractivity contribution < 1.29 is 31.1 Å². The largest absolute Gasteiger partial charge is 0.417 e. The minimum atomic E-state index is -4.80. The summed E-state index contributed by atoms with van der Waals surface area (Å²) in [5, 5.41) is 0. The van der Waals surface area contributed by atoms with Crippen LogP contribution in [0.2, 0.25) is 0 Å². The second kappa shape index (κ2) is 9.27. The van der Waals surface area contributed by atoms with Gasteiger partial charge >= 0.3 is 12.4 Å². The van der Waals surface area contributed by atoms with Crippen LogP contribution in [0.5, 0.6) is 0 Å². The number of nitrogens with two attached hydrogens (primary N) is 1. The molecule has 0 spiro atoms. The van der Waals surface area contributed by atoms with E-state index in [0.717, 1.165) is 30.3 Å². The summed E-state index contributed by atoms with van der Waals surface area (Å²) in [5.74, 6) is -1.67. The number of halogens is 6. The standard InChI is InChI=1S/C22H18F6N4O2/c1-2-12(19(29)34)7-11-3-5-15(22(26,27)28)14(8-11)20-31-17(9-18(33)32-20)16-6-4-13(10-30-16)21(23,24)25/h3-6,8-10,12H,2,7H2,1H3,(H2,29,34)(H,31,32,33). The number of hydrogen-bond acceptors (Lipinski definition) is 4. The van der Waals surface area contributed by atoms with Gasteiger partial charge in [0.2, 0.25) is 5.91 Å². The Morgan fingerprint density at radius 3 is 2.26 bits per heavy atom. The van der Waals surface area contributed by atoms with Crippen molar-refractivity contribution in [2.24, 2.45) is 11.7 Å². The van der Waals surface area contributed by atoms with Gasteiger partial charge in [0.25, 0.3) is 5.56 Å². The summed E-state index contributed by atoms with van der Waals surface area (Å²) in [6, 6.07) is 5.77. The van der Waals surface area contributed by atoms with Crippen LogP contribution in [0.3, 0.4) is 0 Å². The summed E-state index contributed by atoms with van der Waals surface area (Å²) < 4.78 is 79.4. The van der Waals surface area contributed by atoms with E-state index in [0.29, 0.717) is 18.2 Å². The Balaban J connectivity index is 2.12. The monoisotopic (exact) mass is 484 g/mol. The Kier molecular flexibility index (Phi) is 6.80. The van der Waals surface area contributed by atoms with E-state index in [1.807, 2.05) is 0 Å². The molecule has 0 aliphatic carbocycles. The van der Waals surface area contributed by atoms with Gasteiger partial charge in [-0.2, -0.15) is 26.3 Å². The lowest BCUT2D eigenvalue weighted by atomic mass is 9.93. The minimum Gasteiger partial charge on any atom is -0.369 e. The first-order chi connectivity index (χ1) is 15.8. The van der Waals surface area contributed by atoms with Crippen LogP contribution in [0.15, 0.2) is 47.4 Å². The van der Waals surface area contributed by atoms with E-state index in [2.05, 4.69) is 15.0 Å². The highest BCUT2D eigenvalue weighted by Crippen LogP contribution is 2.37. The molecule has 1 amide bonds. The average Bonchev–Trinajstić information content (AvgIpc) is 2.75. The number of pyridine rings is 1. The number of H-pyrrole nitrogens is 1. The maximum atomic E-state index is 13.7. The molecule has 1 atom stereocenters. The van der Waals surface area contributed by atoms with Crippen LogP contribution in [0.1, 0.15) is 30.0 Å². The summed E-state index contributed by atoms with van der Waals surface area (Å²) in [7, 11) is 0. The quantitative estimate of drug-likeness (QED) is 0.500. The molecule has 0 fully saturated rings. The molecule has 0 aliphatic rings. The Morgan fingerprint density at radius 1 is 1.03 bits per heavy atom. The number of primary amides is 1. The second-order valence-corrected chi connectivity index (χ2v) is 7.50. The van der Waals surface area contributed by atoms with Crippen molar-refractivity contribution in [3.8, 4) is 22.8 Å². The van der Waals surface area contributed by atoms with E-state index in [-0.39, 0.29) is 17.8 Å². The lowest BCUT2D eigenvalue weighted by Gasteiger charge is -2.16. The molecule has 0 radical (unpaired) electrons. The van der Waals surface area contributed by atoms with E-state index in [4.69, 9.17) is 5.73 Å². The summed E-state index contributed by atoms with van der Waals surface area (Å²) in [4.78, 5) is 33.6. The number of nitrogens with one attached hydrogen (secondary N) is 1. The fraction of sp³-hybridized carbons (Fsp3) is 0.273. The van der Waals surface area contributed by atoms with Crippen LogP contribution in [0.25, 0.3) is 22.8 Å². The average molecular weight is 484 g/mol. The van der Waals surface area contributed by atoms with Crippen molar-refractivity contribution in [1.82, 2.24) is 15.0 Å². The zero-order chi connectivity index (χ0) is 25.3. The van der Waals surface area contributed by atoms with Gasteiger partial charge in [0.1, 0.15) is 5.82 Å². The number of aromatic amines is 1. The molecule has 12 heteroatoms. The number of rotatable bonds is 6. The van der Waals surface area contributed by atoms with Crippen molar-refractivity contribution in [2.75, 3.05) is 0 Å². The van der Waals surface area contributed by atoms with Crippen molar-refractivity contribution in [3.63, 3.8) is 0 Å². The summed E-state index contributed by atoms with van der Waals surface area (Å²) in [6.45, 7) is 1.71. The van der Waals surface area contributed by atoms with E-state index in [1.54, 1.807) is 6.92 Å². The number of nitrogens with zero attached hydrogens (tertiary/aromatic N) is 2. The molecule has 2 aromatic heterocycles. The van der Waals surface area contributed by atoms with Gasteiger partial charge in [-0.15, -0.1) is 0 Å². The molecule has 3 aromatic rings. The van der Waals surface area contributed by atoms with Crippen molar-refractivity contribution in [1.29, 1.82) is 0 Å². The lowest BCUT2D eigenvalue weighted by molar-refractivity contribution is -0.138. The predicted octanol–water partition coefficient (Wildman–Crippen LogP) is 4.59. The maximum absolute atomic E-state index is 13.7. The molecule has 3 rings (SSSR count). The number of hydrogen-bond donors (Lipinski definition) is 2. The van der Waals surface area contributed by atoms with Crippen LogP contribution in [-0.2, 0) is 23.6 Å². The number of carbonyl (C=O) groups is 1. The molecular weight excluding hydrogens is 466 g/mol. The first-order valence-corrected chi connectivity index (χ1v) is 9.94. The smallest absolute Gasteiger partial charge is 0.369 e. The molecule has 1 aromatic carbocycles. The molecular formula is C22H18F6N4O2. The SMILES string of the molecule is CCC(Cc1ccc(C(F)(F)F)c(-c2nc(-c3ccc(C(F)(F)F)cn3)cc(=O)[nH]2)c1)C(N)=O. The Hall–Kier alpha value is -3.70. The maximum Gasteiger partial charge on any atom is 0.417 e. The first kappa shape index (κ1) is 24.9. The normalized spacial score (nSPS) is 13.0. The third kappa shape index (κ3) is 5.61. The minimum absolute atomic E-state index is 0.0708. The number of benzene rings is 1. The van der Waals surface area contributed by atoms with Crippen LogP contribution in [0, 0.1) is 5.92 Å². The molecule has 34 heavy (non-hydrogen) atoms. The first-order valence-electron chi connectivity index (χ1n) is 9.94. The van der Waals surface area contributed by atoms with Gasteiger partial charge in [-0.25, -0.2) is 4.98 Å². The lowest BCUT2D eigenvalue weighted by Crippen LogP contribution is -2.24. The molecule has 0 aliphatic heterocycles. The molecule has 3 N–H and O–H groups in total. The van der Waals surface area contributed by atoms with E-state index in [1.165, 1.54) is 6.07 Å². The van der Waals surface area contributed by atoms with Crippen LogP contribution < -0.4 is 11.3 Å². The fourth-order valence-electron chi connectivity index (χ4n) is 3.32. The van der Waals surface area contributed by atoms with Gasteiger partial charge < -0.3 is 10.7 Å². The zero-order valence-electron chi connectivity index (χ0n) is 17.6. The van der Waals surface area contributed by atoms with Gasteiger partial charge in [0.05, 0.1) is 22.5 Å². The van der Waals surface area contributed by atoms with Crippen LogP contribution in [0.4, 0.5) is 26.3 Å². The molecule has 0 saturated heterocycles. The molecule has 2 heterocycles. The highest BCUT2D eigenvalue weighted by molar-refractivity contribution is 5.77. The van der Waals surface area contributed by atoms with Crippen LogP contribution >= 0.6 is 0 Å². The van der Waals surface area contributed by atoms with Crippen molar-refractivity contribution >= 4 is 5.91 Å². The van der Waals surface area contributed by atoms with E-state index in [9.17, 15) is 35.9 Å². The molecule has 1 unspecified atom stereocenters. The molecule has 0 saturated carbocycles. The Labute approximate surface area is 188 Å². The molecule has 6 nitrogen and oxygen atoms in total. The Bertz CT molecular complexity index is 1250. The summed E-state index contributed by atoms with van der Waals surface area (Å²) in [6.07, 6.45) is -8.46. The van der Waals surface area contributed by atoms with E-state index >= 15 is 0 Å². The fourth-order valence-corrected chi connectivity index (χ4v) is 3.32. The topological polar surface area (TPSA) is 102 Å². The van der Waals surface area contributed by atoms with Gasteiger partial charge in [0, 0.05) is 23.7 Å². The second-order valence-electron chi connectivity index (χ2n) is 7.50. The van der Waals surface area contributed by atoms with Gasteiger partial charge in [-0.3, -0.25) is 14.6 Å². The van der Waals surface area contributed by atoms with E-state index < -0.39 is 52.3 Å². The highest BCUT2D eigenvalue weighted by atomic mass is 19.4. The number of alkyl halides is 6. The Morgan fingerprint density at radius 2 is 1.74 bits per heavy atom. The van der Waals surface area contributed by atoms with Gasteiger partial charge in [-0.1, -0.05) is 13.0 Å². The number of carbonyl (C=O) groups excluding carboxylic acids is 1. The van der Waals surface area contributed by atoms with Crippen molar-refractivity contribution in [3.05, 3.63) is 69.6 Å². The molecule has 0 bridgehead atoms. The summed E-state index contributed by atoms with van der Waals surface area (Å²) >= 11 is 0. The highest BCUT2D eigenvalue weighted by Gasteiger charge is 2.35.